The van der Waals surface area contributed by atoms with Gasteiger partial charge in [-0.1, -0.05) is 120 Å². The summed E-state index contributed by atoms with van der Waals surface area (Å²) < 4.78 is 10.5. The standard InChI is InChI=1S/C37H62O5/c1-3-5-7-9-11-13-15-16-17-18-19-20-22-23-25-27-29-31-36(39)41-34-35(33-38)42-37(40)32-30-28-26-24-21-14-12-10-8-6-4-2/h10-13,16-17,19-20,23,25,35,38H,3-9,14-15,18,21-22,24,26-34H2,1-2H3/b12-10+,13-11+,17-16+,20-19+,25-23+/t35-/m0/s1. The fourth-order valence-electron chi connectivity index (χ4n) is 4.17. The van der Waals surface area contributed by atoms with Crippen molar-refractivity contribution in [3.8, 4) is 0 Å². The maximum atomic E-state index is 12.1. The summed E-state index contributed by atoms with van der Waals surface area (Å²) in [7, 11) is 0. The molecule has 0 aromatic rings. The van der Waals surface area contributed by atoms with Gasteiger partial charge in [-0.15, -0.1) is 0 Å². The Kier molecular flexibility index (Phi) is 31.2. The number of carbonyl (C=O) groups excluding carboxylic acids is 2. The predicted octanol–water partition coefficient (Wildman–Crippen LogP) is 10.1. The third-order valence-electron chi connectivity index (χ3n) is 6.78. The number of aliphatic hydroxyl groups excluding tert-OH is 1. The molecule has 0 bridgehead atoms. The molecule has 0 aromatic heterocycles. The molecule has 0 aliphatic heterocycles. The van der Waals surface area contributed by atoms with Crippen molar-refractivity contribution in [2.24, 2.45) is 0 Å². The van der Waals surface area contributed by atoms with Crippen LogP contribution in [0.3, 0.4) is 0 Å². The molecule has 0 saturated carbocycles. The van der Waals surface area contributed by atoms with Crippen molar-refractivity contribution < 1.29 is 24.2 Å². The van der Waals surface area contributed by atoms with Gasteiger partial charge in [-0.3, -0.25) is 9.59 Å². The lowest BCUT2D eigenvalue weighted by molar-refractivity contribution is -0.161. The van der Waals surface area contributed by atoms with Crippen molar-refractivity contribution in [3.05, 3.63) is 60.8 Å². The highest BCUT2D eigenvalue weighted by Crippen LogP contribution is 2.10. The Hall–Kier alpha value is -2.40. The molecule has 42 heavy (non-hydrogen) atoms. The SMILES string of the molecule is CCCC/C=C/CCCCCCCC(=O)O[C@@H](CO)COC(=O)CCC/C=C/C/C=C/C/C=C/C/C=C/CCCCC. The first-order chi connectivity index (χ1) is 20.6. The molecule has 0 radical (unpaired) electrons. The van der Waals surface area contributed by atoms with Crippen molar-refractivity contribution in [1.29, 1.82) is 0 Å². The molecule has 5 nitrogen and oxygen atoms in total. The van der Waals surface area contributed by atoms with Crippen LogP contribution in [0.5, 0.6) is 0 Å². The highest BCUT2D eigenvalue weighted by molar-refractivity contribution is 5.70. The first-order valence-corrected chi connectivity index (χ1v) is 16.8. The number of unbranched alkanes of at least 4 members (excludes halogenated alkanes) is 11. The number of hydrogen-bond acceptors (Lipinski definition) is 5. The van der Waals surface area contributed by atoms with Crippen molar-refractivity contribution in [2.45, 2.75) is 148 Å². The number of aliphatic hydroxyl groups is 1. The van der Waals surface area contributed by atoms with Gasteiger partial charge in [0.25, 0.3) is 0 Å². The molecule has 0 aliphatic rings. The molecule has 5 heteroatoms. The van der Waals surface area contributed by atoms with Crippen LogP contribution in [0.4, 0.5) is 0 Å². The fraction of sp³-hybridized carbons (Fsp3) is 0.676. The maximum Gasteiger partial charge on any atom is 0.306 e. The number of rotatable bonds is 29. The van der Waals surface area contributed by atoms with Crippen LogP contribution in [0.25, 0.3) is 0 Å². The molecule has 0 aliphatic carbocycles. The summed E-state index contributed by atoms with van der Waals surface area (Å²) in [5.41, 5.74) is 0. The number of hydrogen-bond donors (Lipinski definition) is 1. The monoisotopic (exact) mass is 586 g/mol. The number of allylic oxidation sites excluding steroid dienone is 10. The Bertz CT molecular complexity index is 762. The van der Waals surface area contributed by atoms with Crippen LogP contribution in [0.2, 0.25) is 0 Å². The highest BCUT2D eigenvalue weighted by atomic mass is 16.6. The van der Waals surface area contributed by atoms with E-state index in [1.807, 2.05) is 0 Å². The largest absolute Gasteiger partial charge is 0.462 e. The summed E-state index contributed by atoms with van der Waals surface area (Å²) in [5, 5.41) is 9.48. The van der Waals surface area contributed by atoms with Crippen molar-refractivity contribution in [1.82, 2.24) is 0 Å². The lowest BCUT2D eigenvalue weighted by atomic mass is 10.1. The van der Waals surface area contributed by atoms with Gasteiger partial charge < -0.3 is 14.6 Å². The van der Waals surface area contributed by atoms with Gasteiger partial charge in [-0.2, -0.15) is 0 Å². The molecular formula is C37H62O5. The van der Waals surface area contributed by atoms with Crippen LogP contribution in [-0.2, 0) is 19.1 Å². The van der Waals surface area contributed by atoms with E-state index in [4.69, 9.17) is 9.47 Å². The lowest BCUT2D eigenvalue weighted by Gasteiger charge is -2.15. The Balaban J connectivity index is 3.73. The van der Waals surface area contributed by atoms with E-state index in [1.54, 1.807) is 0 Å². The Morgan fingerprint density at radius 1 is 0.548 bits per heavy atom. The van der Waals surface area contributed by atoms with E-state index in [9.17, 15) is 14.7 Å². The van der Waals surface area contributed by atoms with Crippen molar-refractivity contribution in [2.75, 3.05) is 13.2 Å². The van der Waals surface area contributed by atoms with E-state index in [0.717, 1.165) is 51.4 Å². The van der Waals surface area contributed by atoms with Crippen LogP contribution in [0.15, 0.2) is 60.8 Å². The average Bonchev–Trinajstić information content (AvgIpc) is 2.99. The summed E-state index contributed by atoms with van der Waals surface area (Å²) >= 11 is 0. The molecule has 0 heterocycles. The van der Waals surface area contributed by atoms with Crippen LogP contribution in [0.1, 0.15) is 142 Å². The second-order valence-corrected chi connectivity index (χ2v) is 10.9. The molecule has 1 N–H and O–H groups in total. The van der Waals surface area contributed by atoms with E-state index in [-0.39, 0.29) is 25.2 Å². The summed E-state index contributed by atoms with van der Waals surface area (Å²) in [4.78, 5) is 24.1. The predicted molar refractivity (Wildman–Crippen MR) is 177 cm³/mol. The van der Waals surface area contributed by atoms with Crippen molar-refractivity contribution >= 4 is 11.9 Å². The van der Waals surface area contributed by atoms with E-state index in [1.165, 1.54) is 57.8 Å². The minimum absolute atomic E-state index is 0.100. The van der Waals surface area contributed by atoms with E-state index < -0.39 is 6.10 Å². The van der Waals surface area contributed by atoms with E-state index in [0.29, 0.717) is 19.3 Å². The summed E-state index contributed by atoms with van der Waals surface area (Å²) in [6.07, 6.45) is 41.3. The summed E-state index contributed by atoms with van der Waals surface area (Å²) in [6, 6.07) is 0. The van der Waals surface area contributed by atoms with Gasteiger partial charge >= 0.3 is 11.9 Å². The van der Waals surface area contributed by atoms with Crippen molar-refractivity contribution in [3.63, 3.8) is 0 Å². The van der Waals surface area contributed by atoms with Gasteiger partial charge in [0.05, 0.1) is 6.61 Å². The summed E-state index contributed by atoms with van der Waals surface area (Å²) in [6.45, 7) is 3.98. The second-order valence-electron chi connectivity index (χ2n) is 10.9. The molecule has 0 spiro atoms. The van der Waals surface area contributed by atoms with Gasteiger partial charge in [0.2, 0.25) is 0 Å². The number of carbonyl (C=O) groups is 2. The van der Waals surface area contributed by atoms with Gasteiger partial charge in [-0.05, 0) is 70.6 Å². The third kappa shape index (κ3) is 30.6. The normalized spacial score (nSPS) is 12.9. The van der Waals surface area contributed by atoms with E-state index >= 15 is 0 Å². The molecule has 0 unspecified atom stereocenters. The molecule has 0 fully saturated rings. The molecule has 0 amide bonds. The Morgan fingerprint density at radius 2 is 1.00 bits per heavy atom. The molecule has 0 saturated heterocycles. The minimum atomic E-state index is -0.797. The molecule has 240 valence electrons. The number of esters is 2. The van der Waals surface area contributed by atoms with Crippen LogP contribution in [-0.4, -0.2) is 36.4 Å². The Morgan fingerprint density at radius 3 is 1.60 bits per heavy atom. The maximum absolute atomic E-state index is 12.1. The first-order valence-electron chi connectivity index (χ1n) is 16.8. The van der Waals surface area contributed by atoms with Crippen LogP contribution >= 0.6 is 0 Å². The number of ether oxygens (including phenoxy) is 2. The topological polar surface area (TPSA) is 72.8 Å². The smallest absolute Gasteiger partial charge is 0.306 e. The zero-order valence-electron chi connectivity index (χ0n) is 27.0. The molecule has 0 aromatic carbocycles. The second kappa shape index (κ2) is 33.1. The van der Waals surface area contributed by atoms with Crippen LogP contribution < -0.4 is 0 Å². The van der Waals surface area contributed by atoms with Gasteiger partial charge in [0.1, 0.15) is 6.61 Å². The van der Waals surface area contributed by atoms with E-state index in [2.05, 4.69) is 74.6 Å². The molecule has 1 atom stereocenters. The first kappa shape index (κ1) is 39.6. The van der Waals surface area contributed by atoms with Gasteiger partial charge in [-0.25, -0.2) is 0 Å². The lowest BCUT2D eigenvalue weighted by Crippen LogP contribution is -2.28. The average molecular weight is 587 g/mol. The molecule has 0 rings (SSSR count). The zero-order chi connectivity index (χ0) is 30.8. The Labute approximate surface area is 258 Å². The third-order valence-corrected chi connectivity index (χ3v) is 6.78. The van der Waals surface area contributed by atoms with Gasteiger partial charge in [0.15, 0.2) is 6.10 Å². The molecular weight excluding hydrogens is 524 g/mol. The highest BCUT2D eigenvalue weighted by Gasteiger charge is 2.15. The van der Waals surface area contributed by atoms with Gasteiger partial charge in [0, 0.05) is 12.8 Å². The summed E-state index contributed by atoms with van der Waals surface area (Å²) in [5.74, 6) is -0.676. The zero-order valence-corrected chi connectivity index (χ0v) is 27.0. The minimum Gasteiger partial charge on any atom is -0.462 e. The quantitative estimate of drug-likeness (QED) is 0.0536. The van der Waals surface area contributed by atoms with Crippen LogP contribution in [0, 0.1) is 0 Å². The fourth-order valence-corrected chi connectivity index (χ4v) is 4.17.